The molecule has 0 saturated carbocycles. The fourth-order valence-corrected chi connectivity index (χ4v) is 1.65. The Morgan fingerprint density at radius 2 is 2.00 bits per heavy atom. The summed E-state index contributed by atoms with van der Waals surface area (Å²) in [6, 6.07) is 5.75. The van der Waals surface area contributed by atoms with E-state index in [9.17, 15) is 13.2 Å². The molecule has 1 aromatic heterocycles. The average molecular weight is 213 g/mol. The molecule has 80 valence electrons. The second kappa shape index (κ2) is 3.29. The van der Waals surface area contributed by atoms with Crippen molar-refractivity contribution in [2.75, 3.05) is 0 Å². The van der Waals surface area contributed by atoms with E-state index in [2.05, 4.69) is 4.98 Å². The van der Waals surface area contributed by atoms with Crippen LogP contribution in [0.3, 0.4) is 0 Å². The number of aryl methyl sites for hydroxylation is 1. The summed E-state index contributed by atoms with van der Waals surface area (Å²) in [6.07, 6.45) is -3.58. The van der Waals surface area contributed by atoms with Crippen LogP contribution in [0.1, 0.15) is 18.2 Å². The predicted molar refractivity (Wildman–Crippen MR) is 52.7 cm³/mol. The molecule has 0 aliphatic rings. The van der Waals surface area contributed by atoms with E-state index in [1.807, 2.05) is 6.92 Å². The first-order valence-electron chi connectivity index (χ1n) is 4.70. The standard InChI is InChI=1S/C11H10F3N/c1-2-7-6-8-9(11(12,13)14)4-3-5-10(8)15-7/h3-6,15H,2H2,1H3. The zero-order valence-electron chi connectivity index (χ0n) is 8.15. The second-order valence-electron chi connectivity index (χ2n) is 3.41. The van der Waals surface area contributed by atoms with Gasteiger partial charge in [0.2, 0.25) is 0 Å². The van der Waals surface area contributed by atoms with Gasteiger partial charge in [0.1, 0.15) is 0 Å². The van der Waals surface area contributed by atoms with Crippen LogP contribution >= 0.6 is 0 Å². The van der Waals surface area contributed by atoms with Gasteiger partial charge in [0, 0.05) is 16.6 Å². The lowest BCUT2D eigenvalue weighted by Crippen LogP contribution is -2.04. The molecule has 0 aliphatic carbocycles. The summed E-state index contributed by atoms with van der Waals surface area (Å²) < 4.78 is 37.9. The maximum atomic E-state index is 12.6. The van der Waals surface area contributed by atoms with E-state index < -0.39 is 11.7 Å². The molecule has 0 fully saturated rings. The first-order chi connectivity index (χ1) is 7.02. The highest BCUT2D eigenvalue weighted by atomic mass is 19.4. The van der Waals surface area contributed by atoms with Crippen molar-refractivity contribution in [3.63, 3.8) is 0 Å². The number of benzene rings is 1. The van der Waals surface area contributed by atoms with Crippen LogP contribution < -0.4 is 0 Å². The van der Waals surface area contributed by atoms with Gasteiger partial charge in [-0.1, -0.05) is 13.0 Å². The van der Waals surface area contributed by atoms with E-state index in [-0.39, 0.29) is 5.39 Å². The third-order valence-corrected chi connectivity index (χ3v) is 2.41. The van der Waals surface area contributed by atoms with Gasteiger partial charge < -0.3 is 4.98 Å². The first kappa shape index (κ1) is 10.1. The highest BCUT2D eigenvalue weighted by Gasteiger charge is 2.32. The van der Waals surface area contributed by atoms with Crippen LogP contribution in [0.15, 0.2) is 24.3 Å². The monoisotopic (exact) mass is 213 g/mol. The van der Waals surface area contributed by atoms with Gasteiger partial charge >= 0.3 is 6.18 Å². The zero-order chi connectivity index (χ0) is 11.1. The third kappa shape index (κ3) is 1.71. The van der Waals surface area contributed by atoms with Crippen LogP contribution in [-0.2, 0) is 12.6 Å². The SMILES string of the molecule is CCc1cc2c(C(F)(F)F)cccc2[nH]1. The van der Waals surface area contributed by atoms with Gasteiger partial charge in [-0.2, -0.15) is 13.2 Å². The summed E-state index contributed by atoms with van der Waals surface area (Å²) in [7, 11) is 0. The number of nitrogens with one attached hydrogen (secondary N) is 1. The summed E-state index contributed by atoms with van der Waals surface area (Å²) >= 11 is 0. The minimum absolute atomic E-state index is 0.252. The van der Waals surface area contributed by atoms with E-state index in [0.717, 1.165) is 11.8 Å². The molecule has 1 nitrogen and oxygen atoms in total. The fourth-order valence-electron chi connectivity index (χ4n) is 1.65. The highest BCUT2D eigenvalue weighted by molar-refractivity contribution is 5.84. The number of hydrogen-bond acceptors (Lipinski definition) is 0. The van der Waals surface area contributed by atoms with E-state index >= 15 is 0 Å². The molecule has 0 atom stereocenters. The Labute approximate surface area is 84.9 Å². The summed E-state index contributed by atoms with van der Waals surface area (Å²) in [5.74, 6) is 0. The van der Waals surface area contributed by atoms with Crippen LogP contribution in [0.5, 0.6) is 0 Å². The van der Waals surface area contributed by atoms with Crippen molar-refractivity contribution in [1.29, 1.82) is 0 Å². The molecule has 2 rings (SSSR count). The molecule has 0 radical (unpaired) electrons. The maximum Gasteiger partial charge on any atom is 0.417 e. The molecule has 2 aromatic rings. The number of hydrogen-bond donors (Lipinski definition) is 1. The van der Waals surface area contributed by atoms with Crippen molar-refractivity contribution in [3.8, 4) is 0 Å². The molecule has 1 N–H and O–H groups in total. The zero-order valence-corrected chi connectivity index (χ0v) is 8.15. The maximum absolute atomic E-state index is 12.6. The Morgan fingerprint density at radius 3 is 2.60 bits per heavy atom. The number of rotatable bonds is 1. The Morgan fingerprint density at radius 1 is 1.27 bits per heavy atom. The van der Waals surface area contributed by atoms with Crippen LogP contribution in [-0.4, -0.2) is 4.98 Å². The lowest BCUT2D eigenvalue weighted by molar-refractivity contribution is -0.136. The lowest BCUT2D eigenvalue weighted by Gasteiger charge is -2.06. The fraction of sp³-hybridized carbons (Fsp3) is 0.273. The number of aromatic nitrogens is 1. The van der Waals surface area contributed by atoms with Gasteiger partial charge in [-0.15, -0.1) is 0 Å². The number of alkyl halides is 3. The van der Waals surface area contributed by atoms with Crippen LogP contribution in [0.4, 0.5) is 13.2 Å². The Kier molecular flexibility index (Phi) is 2.21. The van der Waals surface area contributed by atoms with Gasteiger partial charge in [0.15, 0.2) is 0 Å². The minimum atomic E-state index is -4.29. The van der Waals surface area contributed by atoms with Crippen molar-refractivity contribution in [3.05, 3.63) is 35.5 Å². The van der Waals surface area contributed by atoms with Crippen molar-refractivity contribution < 1.29 is 13.2 Å². The largest absolute Gasteiger partial charge is 0.417 e. The van der Waals surface area contributed by atoms with E-state index in [4.69, 9.17) is 0 Å². The van der Waals surface area contributed by atoms with Crippen molar-refractivity contribution in [1.82, 2.24) is 4.98 Å². The van der Waals surface area contributed by atoms with Gasteiger partial charge in [0.05, 0.1) is 5.56 Å². The number of halogens is 3. The number of H-pyrrole nitrogens is 1. The first-order valence-corrected chi connectivity index (χ1v) is 4.70. The number of fused-ring (bicyclic) bond motifs is 1. The molecule has 0 spiro atoms. The van der Waals surface area contributed by atoms with E-state index in [1.54, 1.807) is 12.1 Å². The second-order valence-corrected chi connectivity index (χ2v) is 3.41. The molecule has 1 aromatic carbocycles. The normalized spacial score (nSPS) is 12.3. The molecule has 0 unspecified atom stereocenters. The molecule has 1 heterocycles. The molecule has 0 bridgehead atoms. The van der Waals surface area contributed by atoms with Crippen molar-refractivity contribution in [2.24, 2.45) is 0 Å². The molecule has 0 amide bonds. The van der Waals surface area contributed by atoms with Gasteiger partial charge in [-0.3, -0.25) is 0 Å². The van der Waals surface area contributed by atoms with E-state index in [0.29, 0.717) is 11.9 Å². The Bertz CT molecular complexity index is 482. The molecular formula is C11H10F3N. The van der Waals surface area contributed by atoms with Crippen molar-refractivity contribution >= 4 is 10.9 Å². The predicted octanol–water partition coefficient (Wildman–Crippen LogP) is 3.75. The average Bonchev–Trinajstić information content (AvgIpc) is 2.57. The van der Waals surface area contributed by atoms with Crippen LogP contribution in [0, 0.1) is 0 Å². The Balaban J connectivity index is 2.70. The van der Waals surface area contributed by atoms with Crippen molar-refractivity contribution in [2.45, 2.75) is 19.5 Å². The van der Waals surface area contributed by atoms with Crippen LogP contribution in [0.2, 0.25) is 0 Å². The van der Waals surface area contributed by atoms with Crippen LogP contribution in [0.25, 0.3) is 10.9 Å². The van der Waals surface area contributed by atoms with Gasteiger partial charge in [-0.25, -0.2) is 0 Å². The molecule has 4 heteroatoms. The lowest BCUT2D eigenvalue weighted by atomic mass is 10.1. The molecule has 15 heavy (non-hydrogen) atoms. The topological polar surface area (TPSA) is 15.8 Å². The summed E-state index contributed by atoms with van der Waals surface area (Å²) in [5, 5.41) is 0.252. The number of aromatic amines is 1. The van der Waals surface area contributed by atoms with Gasteiger partial charge in [-0.05, 0) is 24.6 Å². The highest BCUT2D eigenvalue weighted by Crippen LogP contribution is 2.34. The minimum Gasteiger partial charge on any atom is -0.358 e. The smallest absolute Gasteiger partial charge is 0.358 e. The third-order valence-electron chi connectivity index (χ3n) is 2.41. The molecule has 0 aliphatic heterocycles. The molecular weight excluding hydrogens is 203 g/mol. The summed E-state index contributed by atoms with van der Waals surface area (Å²) in [4.78, 5) is 2.96. The van der Waals surface area contributed by atoms with E-state index in [1.165, 1.54) is 6.07 Å². The van der Waals surface area contributed by atoms with Gasteiger partial charge in [0.25, 0.3) is 0 Å². The Hall–Kier alpha value is -1.45. The molecule has 0 saturated heterocycles. The summed E-state index contributed by atoms with van der Waals surface area (Å²) in [5.41, 5.74) is 0.791. The summed E-state index contributed by atoms with van der Waals surface area (Å²) in [6.45, 7) is 1.90. The quantitative estimate of drug-likeness (QED) is 0.742.